The molecule has 0 fully saturated rings. The summed E-state index contributed by atoms with van der Waals surface area (Å²) in [6.07, 6.45) is 0. The van der Waals surface area contributed by atoms with Gasteiger partial charge in [-0.1, -0.05) is 23.7 Å². The lowest BCUT2D eigenvalue weighted by Crippen LogP contribution is -2.28. The Morgan fingerprint density at radius 3 is 2.71 bits per heavy atom. The Morgan fingerprint density at radius 2 is 2.18 bits per heavy atom. The fourth-order valence-corrected chi connectivity index (χ4v) is 2.78. The quantitative estimate of drug-likeness (QED) is 0.664. The molecule has 0 saturated carbocycles. The van der Waals surface area contributed by atoms with E-state index in [0.717, 1.165) is 26.7 Å². The predicted octanol–water partition coefficient (Wildman–Crippen LogP) is 2.97. The smallest absolute Gasteiger partial charge is 0.0821 e. The Kier molecular flexibility index (Phi) is 3.79. The Morgan fingerprint density at radius 1 is 1.41 bits per heavy atom. The fourth-order valence-electron chi connectivity index (χ4n) is 1.70. The number of thiazole rings is 1. The molecule has 2 rings (SSSR count). The Hall–Kier alpha value is -0.940. The van der Waals surface area contributed by atoms with Crippen LogP contribution in [0.25, 0.3) is 0 Å². The highest BCUT2D eigenvalue weighted by Gasteiger charge is 2.17. The minimum Gasteiger partial charge on any atom is -0.271 e. The van der Waals surface area contributed by atoms with Crippen LogP contribution in [-0.4, -0.2) is 4.98 Å². The van der Waals surface area contributed by atoms with Gasteiger partial charge in [0.15, 0.2) is 0 Å². The lowest BCUT2D eigenvalue weighted by atomic mass is 10.0. The number of halogens is 1. The number of hydrazine groups is 1. The van der Waals surface area contributed by atoms with Crippen molar-refractivity contribution in [3.05, 3.63) is 50.4 Å². The average molecular weight is 268 g/mol. The third kappa shape index (κ3) is 2.50. The van der Waals surface area contributed by atoms with Gasteiger partial charge in [-0.2, -0.15) is 0 Å². The monoisotopic (exact) mass is 267 g/mol. The summed E-state index contributed by atoms with van der Waals surface area (Å²) in [6.45, 7) is 3.96. The van der Waals surface area contributed by atoms with E-state index in [1.165, 1.54) is 0 Å². The van der Waals surface area contributed by atoms with E-state index < -0.39 is 0 Å². The Labute approximate surface area is 110 Å². The molecular weight excluding hydrogens is 254 g/mol. The van der Waals surface area contributed by atoms with Crippen LogP contribution in [0.3, 0.4) is 0 Å². The summed E-state index contributed by atoms with van der Waals surface area (Å²) in [5.41, 5.74) is 7.75. The molecule has 0 aliphatic rings. The van der Waals surface area contributed by atoms with Crippen LogP contribution in [0.2, 0.25) is 5.02 Å². The van der Waals surface area contributed by atoms with Gasteiger partial charge >= 0.3 is 0 Å². The molecule has 3 N–H and O–H groups in total. The van der Waals surface area contributed by atoms with Crippen molar-refractivity contribution in [1.82, 2.24) is 10.4 Å². The van der Waals surface area contributed by atoms with E-state index in [4.69, 9.17) is 17.4 Å². The largest absolute Gasteiger partial charge is 0.271 e. The normalized spacial score (nSPS) is 12.7. The number of rotatable bonds is 3. The zero-order valence-electron chi connectivity index (χ0n) is 9.70. The first-order chi connectivity index (χ1) is 8.13. The molecule has 1 atom stereocenters. The van der Waals surface area contributed by atoms with Gasteiger partial charge in [0, 0.05) is 5.02 Å². The SMILES string of the molecule is Cc1ccc(C(NN)c2scnc2C)cc1Cl. The number of aromatic nitrogens is 1. The molecule has 0 bridgehead atoms. The molecule has 2 aromatic rings. The van der Waals surface area contributed by atoms with Crippen molar-refractivity contribution in [1.29, 1.82) is 0 Å². The zero-order valence-corrected chi connectivity index (χ0v) is 11.3. The maximum atomic E-state index is 6.14. The maximum Gasteiger partial charge on any atom is 0.0821 e. The molecule has 0 aliphatic heterocycles. The minimum atomic E-state index is -0.0550. The summed E-state index contributed by atoms with van der Waals surface area (Å²) >= 11 is 7.73. The zero-order chi connectivity index (χ0) is 12.4. The first kappa shape index (κ1) is 12.5. The summed E-state index contributed by atoms with van der Waals surface area (Å²) in [6, 6.07) is 5.92. The number of aryl methyl sites for hydroxylation is 2. The van der Waals surface area contributed by atoms with Gasteiger partial charge in [-0.25, -0.2) is 10.4 Å². The van der Waals surface area contributed by atoms with Crippen LogP contribution in [0.15, 0.2) is 23.7 Å². The topological polar surface area (TPSA) is 50.9 Å². The first-order valence-electron chi connectivity index (χ1n) is 5.25. The maximum absolute atomic E-state index is 6.14. The van der Waals surface area contributed by atoms with Crippen molar-refractivity contribution >= 4 is 22.9 Å². The molecule has 17 heavy (non-hydrogen) atoms. The number of nitrogens with two attached hydrogens (primary N) is 1. The molecule has 1 heterocycles. The molecule has 1 unspecified atom stereocenters. The van der Waals surface area contributed by atoms with Crippen molar-refractivity contribution < 1.29 is 0 Å². The van der Waals surface area contributed by atoms with Crippen LogP contribution < -0.4 is 11.3 Å². The molecule has 0 aliphatic carbocycles. The van der Waals surface area contributed by atoms with Crippen molar-refractivity contribution in [2.75, 3.05) is 0 Å². The third-order valence-corrected chi connectivity index (χ3v) is 4.14. The van der Waals surface area contributed by atoms with Crippen LogP contribution in [0, 0.1) is 13.8 Å². The van der Waals surface area contributed by atoms with Gasteiger partial charge in [-0.05, 0) is 31.0 Å². The van der Waals surface area contributed by atoms with E-state index >= 15 is 0 Å². The summed E-state index contributed by atoms with van der Waals surface area (Å²) in [5.74, 6) is 5.64. The van der Waals surface area contributed by atoms with E-state index in [9.17, 15) is 0 Å². The summed E-state index contributed by atoms with van der Waals surface area (Å²) < 4.78 is 0. The number of hydrogen-bond acceptors (Lipinski definition) is 4. The van der Waals surface area contributed by atoms with Crippen molar-refractivity contribution in [2.24, 2.45) is 5.84 Å². The van der Waals surface area contributed by atoms with E-state index in [2.05, 4.69) is 10.4 Å². The molecule has 1 aromatic heterocycles. The number of nitrogens with zero attached hydrogens (tertiary/aromatic N) is 1. The first-order valence-corrected chi connectivity index (χ1v) is 6.51. The van der Waals surface area contributed by atoms with Crippen LogP contribution in [0.1, 0.15) is 27.7 Å². The summed E-state index contributed by atoms with van der Waals surface area (Å²) in [7, 11) is 0. The second-order valence-electron chi connectivity index (χ2n) is 3.91. The number of nitrogens with one attached hydrogen (secondary N) is 1. The van der Waals surface area contributed by atoms with Crippen LogP contribution >= 0.6 is 22.9 Å². The Bertz CT molecular complexity index is 524. The van der Waals surface area contributed by atoms with Gasteiger partial charge in [-0.15, -0.1) is 11.3 Å². The Balaban J connectivity index is 2.42. The van der Waals surface area contributed by atoms with Crippen molar-refractivity contribution in [3.63, 3.8) is 0 Å². The van der Waals surface area contributed by atoms with Crippen LogP contribution in [0.4, 0.5) is 0 Å². The summed E-state index contributed by atoms with van der Waals surface area (Å²) in [5, 5.41) is 0.755. The van der Waals surface area contributed by atoms with Gasteiger partial charge in [0.25, 0.3) is 0 Å². The standard InChI is InChI=1S/C12H14ClN3S/c1-7-3-4-9(5-10(7)13)11(16-14)12-8(2)15-6-17-12/h3-6,11,16H,14H2,1-2H3. The molecule has 5 heteroatoms. The van der Waals surface area contributed by atoms with E-state index in [0.29, 0.717) is 0 Å². The predicted molar refractivity (Wildman–Crippen MR) is 72.2 cm³/mol. The van der Waals surface area contributed by atoms with Gasteiger partial charge in [-0.3, -0.25) is 5.84 Å². The van der Waals surface area contributed by atoms with Gasteiger partial charge in [0.2, 0.25) is 0 Å². The van der Waals surface area contributed by atoms with Crippen molar-refractivity contribution in [3.8, 4) is 0 Å². The average Bonchev–Trinajstić information content (AvgIpc) is 2.71. The molecule has 1 aromatic carbocycles. The molecule has 0 spiro atoms. The number of benzene rings is 1. The van der Waals surface area contributed by atoms with E-state index in [-0.39, 0.29) is 6.04 Å². The second kappa shape index (κ2) is 5.14. The van der Waals surface area contributed by atoms with Crippen LogP contribution in [-0.2, 0) is 0 Å². The van der Waals surface area contributed by atoms with Gasteiger partial charge in [0.1, 0.15) is 0 Å². The molecule has 90 valence electrons. The molecule has 3 nitrogen and oxygen atoms in total. The van der Waals surface area contributed by atoms with Gasteiger partial charge < -0.3 is 0 Å². The van der Waals surface area contributed by atoms with E-state index in [1.54, 1.807) is 11.3 Å². The van der Waals surface area contributed by atoms with Gasteiger partial charge in [0.05, 0.1) is 22.1 Å². The highest BCUT2D eigenvalue weighted by atomic mass is 35.5. The highest BCUT2D eigenvalue weighted by molar-refractivity contribution is 7.09. The molecule has 0 saturated heterocycles. The number of hydrogen-bond donors (Lipinski definition) is 2. The highest BCUT2D eigenvalue weighted by Crippen LogP contribution is 2.29. The lowest BCUT2D eigenvalue weighted by Gasteiger charge is -2.16. The lowest BCUT2D eigenvalue weighted by molar-refractivity contribution is 0.642. The molecule has 0 amide bonds. The van der Waals surface area contributed by atoms with Crippen LogP contribution in [0.5, 0.6) is 0 Å². The molecular formula is C12H14ClN3S. The van der Waals surface area contributed by atoms with Crippen molar-refractivity contribution in [2.45, 2.75) is 19.9 Å². The minimum absolute atomic E-state index is 0.0550. The van der Waals surface area contributed by atoms with E-state index in [1.807, 2.05) is 37.6 Å². The molecule has 0 radical (unpaired) electrons. The fraction of sp³-hybridized carbons (Fsp3) is 0.250. The second-order valence-corrected chi connectivity index (χ2v) is 5.20. The summed E-state index contributed by atoms with van der Waals surface area (Å²) in [4.78, 5) is 5.36. The third-order valence-electron chi connectivity index (χ3n) is 2.74.